The van der Waals surface area contributed by atoms with Crippen LogP contribution in [0.4, 0.5) is 5.69 Å². The average molecular weight is 437 g/mol. The maximum absolute atomic E-state index is 12.6. The van der Waals surface area contributed by atoms with Gasteiger partial charge in [-0.05, 0) is 43.7 Å². The fourth-order valence-electron chi connectivity index (χ4n) is 3.19. The second kappa shape index (κ2) is 10.9. The summed E-state index contributed by atoms with van der Waals surface area (Å²) in [5.41, 5.74) is 3.48. The van der Waals surface area contributed by atoms with Crippen molar-refractivity contribution in [3.63, 3.8) is 0 Å². The molecule has 0 saturated heterocycles. The number of Topliss-reactive ketones (excluding diaryl/α,β-unsaturated/α-hetero) is 1. The standard InChI is InChI=1S/C24H28N4O2S/c1-4-5-6-10-22(30)25-20-13-11-18(12-14-20)21(29)16-31-24-27-26-23(28(24)3)19-9-7-8-17(2)15-19/h7-9,11-15H,4-6,10,16H2,1-3H3,(H,25,30). The molecular weight excluding hydrogens is 408 g/mol. The second-order valence-electron chi connectivity index (χ2n) is 7.53. The van der Waals surface area contributed by atoms with Gasteiger partial charge in [0, 0.05) is 30.3 Å². The summed E-state index contributed by atoms with van der Waals surface area (Å²) < 4.78 is 1.91. The first-order chi connectivity index (χ1) is 15.0. The Balaban J connectivity index is 1.56. The topological polar surface area (TPSA) is 76.9 Å². The number of nitrogens with zero attached hydrogens (tertiary/aromatic N) is 3. The van der Waals surface area contributed by atoms with Crippen molar-refractivity contribution in [2.75, 3.05) is 11.1 Å². The van der Waals surface area contributed by atoms with E-state index in [0.717, 1.165) is 36.2 Å². The summed E-state index contributed by atoms with van der Waals surface area (Å²) in [6.07, 6.45) is 3.55. The van der Waals surface area contributed by atoms with Crippen LogP contribution in [0.25, 0.3) is 11.4 Å². The number of rotatable bonds is 10. The first-order valence-electron chi connectivity index (χ1n) is 10.5. The molecule has 6 nitrogen and oxygen atoms in total. The van der Waals surface area contributed by atoms with E-state index in [4.69, 9.17) is 0 Å². The molecule has 1 heterocycles. The number of anilines is 1. The number of hydrogen-bond acceptors (Lipinski definition) is 5. The highest BCUT2D eigenvalue weighted by Crippen LogP contribution is 2.24. The number of aromatic nitrogens is 3. The monoisotopic (exact) mass is 436 g/mol. The maximum atomic E-state index is 12.6. The number of aryl methyl sites for hydroxylation is 1. The first kappa shape index (κ1) is 22.7. The van der Waals surface area contributed by atoms with Gasteiger partial charge in [-0.3, -0.25) is 9.59 Å². The number of hydrogen-bond donors (Lipinski definition) is 1. The minimum atomic E-state index is 0.00549. The molecule has 1 amide bonds. The van der Waals surface area contributed by atoms with Crippen LogP contribution in [-0.4, -0.2) is 32.2 Å². The molecule has 0 aliphatic carbocycles. The molecule has 0 radical (unpaired) electrons. The number of amides is 1. The van der Waals surface area contributed by atoms with Crippen molar-refractivity contribution < 1.29 is 9.59 Å². The summed E-state index contributed by atoms with van der Waals surface area (Å²) in [6.45, 7) is 4.15. The summed E-state index contributed by atoms with van der Waals surface area (Å²) in [7, 11) is 1.91. The largest absolute Gasteiger partial charge is 0.326 e. The molecule has 0 fully saturated rings. The number of carbonyl (C=O) groups is 2. The van der Waals surface area contributed by atoms with Crippen molar-refractivity contribution in [2.24, 2.45) is 7.05 Å². The number of benzene rings is 2. The Morgan fingerprint density at radius 1 is 1.06 bits per heavy atom. The smallest absolute Gasteiger partial charge is 0.224 e. The summed E-state index contributed by atoms with van der Waals surface area (Å²) >= 11 is 1.37. The van der Waals surface area contributed by atoms with Crippen molar-refractivity contribution in [3.05, 3.63) is 59.7 Å². The Hall–Kier alpha value is -2.93. The van der Waals surface area contributed by atoms with E-state index in [1.165, 1.54) is 11.8 Å². The molecule has 162 valence electrons. The molecule has 31 heavy (non-hydrogen) atoms. The van der Waals surface area contributed by atoms with E-state index in [9.17, 15) is 9.59 Å². The fourth-order valence-corrected chi connectivity index (χ4v) is 3.99. The van der Waals surface area contributed by atoms with Crippen LogP contribution in [-0.2, 0) is 11.8 Å². The third-order valence-corrected chi connectivity index (χ3v) is 5.96. The lowest BCUT2D eigenvalue weighted by atomic mass is 10.1. The van der Waals surface area contributed by atoms with Gasteiger partial charge in [0.1, 0.15) is 0 Å². The van der Waals surface area contributed by atoms with Crippen molar-refractivity contribution in [2.45, 2.75) is 44.7 Å². The zero-order valence-corrected chi connectivity index (χ0v) is 19.0. The van der Waals surface area contributed by atoms with E-state index < -0.39 is 0 Å². The summed E-state index contributed by atoms with van der Waals surface area (Å²) in [5, 5.41) is 12.1. The van der Waals surface area contributed by atoms with E-state index in [1.807, 2.05) is 36.7 Å². The highest BCUT2D eigenvalue weighted by molar-refractivity contribution is 7.99. The van der Waals surface area contributed by atoms with Crippen LogP contribution in [0.1, 0.15) is 48.5 Å². The Labute approximate surface area is 187 Å². The van der Waals surface area contributed by atoms with Crippen LogP contribution in [0.3, 0.4) is 0 Å². The Bertz CT molecular complexity index is 1040. The number of ketones is 1. The molecule has 0 aliphatic heterocycles. The molecule has 1 aromatic heterocycles. The molecular formula is C24H28N4O2S. The number of nitrogens with one attached hydrogen (secondary N) is 1. The van der Waals surface area contributed by atoms with Gasteiger partial charge in [0.15, 0.2) is 16.8 Å². The number of thioether (sulfide) groups is 1. The average Bonchev–Trinajstić information content (AvgIpc) is 3.13. The van der Waals surface area contributed by atoms with Gasteiger partial charge in [-0.15, -0.1) is 10.2 Å². The molecule has 0 atom stereocenters. The molecule has 7 heteroatoms. The van der Waals surface area contributed by atoms with Crippen LogP contribution in [0, 0.1) is 6.92 Å². The minimum Gasteiger partial charge on any atom is -0.326 e. The molecule has 0 spiro atoms. The predicted molar refractivity (Wildman–Crippen MR) is 125 cm³/mol. The van der Waals surface area contributed by atoms with Crippen LogP contribution < -0.4 is 5.32 Å². The van der Waals surface area contributed by atoms with Crippen LogP contribution in [0.15, 0.2) is 53.7 Å². The quantitative estimate of drug-likeness (QED) is 0.266. The first-order valence-corrected chi connectivity index (χ1v) is 11.5. The normalized spacial score (nSPS) is 10.8. The fraction of sp³-hybridized carbons (Fsp3) is 0.333. The van der Waals surface area contributed by atoms with E-state index in [-0.39, 0.29) is 17.4 Å². The number of unbranched alkanes of at least 4 members (excludes halogenated alkanes) is 2. The van der Waals surface area contributed by atoms with E-state index in [0.29, 0.717) is 22.8 Å². The molecule has 0 bridgehead atoms. The van der Waals surface area contributed by atoms with Gasteiger partial charge < -0.3 is 9.88 Å². The van der Waals surface area contributed by atoms with Gasteiger partial charge in [0.2, 0.25) is 5.91 Å². The summed E-state index contributed by atoms with van der Waals surface area (Å²) in [5.74, 6) is 1.06. The Morgan fingerprint density at radius 2 is 1.84 bits per heavy atom. The van der Waals surface area contributed by atoms with Crippen molar-refractivity contribution in [1.82, 2.24) is 14.8 Å². The van der Waals surface area contributed by atoms with Gasteiger partial charge in [-0.2, -0.15) is 0 Å². The Morgan fingerprint density at radius 3 is 2.55 bits per heavy atom. The SMILES string of the molecule is CCCCCC(=O)Nc1ccc(C(=O)CSc2nnc(-c3cccc(C)c3)n2C)cc1. The van der Waals surface area contributed by atoms with Gasteiger partial charge in [0.05, 0.1) is 5.75 Å². The zero-order chi connectivity index (χ0) is 22.2. The lowest BCUT2D eigenvalue weighted by molar-refractivity contribution is -0.116. The molecule has 0 aliphatic rings. The van der Waals surface area contributed by atoms with Crippen molar-refractivity contribution in [3.8, 4) is 11.4 Å². The third kappa shape index (κ3) is 6.28. The third-order valence-electron chi connectivity index (χ3n) is 4.94. The van der Waals surface area contributed by atoms with Gasteiger partial charge in [-0.25, -0.2) is 0 Å². The predicted octanol–water partition coefficient (Wildman–Crippen LogP) is 5.28. The summed E-state index contributed by atoms with van der Waals surface area (Å²) in [4.78, 5) is 24.5. The van der Waals surface area contributed by atoms with E-state index in [2.05, 4.69) is 28.5 Å². The summed E-state index contributed by atoms with van der Waals surface area (Å²) in [6, 6.07) is 15.1. The molecule has 1 N–H and O–H groups in total. The zero-order valence-electron chi connectivity index (χ0n) is 18.2. The van der Waals surface area contributed by atoms with Crippen LogP contribution >= 0.6 is 11.8 Å². The Kier molecular flexibility index (Phi) is 8.00. The van der Waals surface area contributed by atoms with Crippen molar-refractivity contribution >= 4 is 29.1 Å². The number of carbonyl (C=O) groups excluding carboxylic acids is 2. The minimum absolute atomic E-state index is 0.00549. The second-order valence-corrected chi connectivity index (χ2v) is 8.47. The van der Waals surface area contributed by atoms with E-state index in [1.54, 1.807) is 24.3 Å². The van der Waals surface area contributed by atoms with Gasteiger partial charge in [-0.1, -0.05) is 55.3 Å². The van der Waals surface area contributed by atoms with Crippen molar-refractivity contribution in [1.29, 1.82) is 0 Å². The van der Waals surface area contributed by atoms with Crippen LogP contribution in [0.2, 0.25) is 0 Å². The molecule has 0 saturated carbocycles. The molecule has 3 aromatic rings. The molecule has 2 aromatic carbocycles. The molecule has 0 unspecified atom stereocenters. The maximum Gasteiger partial charge on any atom is 0.224 e. The highest BCUT2D eigenvalue weighted by Gasteiger charge is 2.14. The lowest BCUT2D eigenvalue weighted by Gasteiger charge is -2.07. The highest BCUT2D eigenvalue weighted by atomic mass is 32.2. The molecule has 3 rings (SSSR count). The van der Waals surface area contributed by atoms with Crippen LogP contribution in [0.5, 0.6) is 0 Å². The van der Waals surface area contributed by atoms with Gasteiger partial charge >= 0.3 is 0 Å². The van der Waals surface area contributed by atoms with Gasteiger partial charge in [0.25, 0.3) is 0 Å². The van der Waals surface area contributed by atoms with E-state index >= 15 is 0 Å². The lowest BCUT2D eigenvalue weighted by Crippen LogP contribution is -2.11.